The average molecular weight is 276 g/mol. The molecule has 0 spiro atoms. The van der Waals surface area contributed by atoms with Crippen LogP contribution >= 0.6 is 0 Å². The highest BCUT2D eigenvalue weighted by Gasteiger charge is 2.08. The normalized spacial score (nSPS) is 10.5. The van der Waals surface area contributed by atoms with E-state index < -0.39 is 0 Å². The number of ether oxygens (including phenoxy) is 1. The Kier molecular flexibility index (Phi) is 4.03. The van der Waals surface area contributed by atoms with E-state index in [-0.39, 0.29) is 0 Å². The monoisotopic (exact) mass is 276 g/mol. The first-order chi connectivity index (χ1) is 10.4. The van der Waals surface area contributed by atoms with E-state index in [0.717, 1.165) is 17.0 Å². The van der Waals surface area contributed by atoms with Crippen LogP contribution in [0.25, 0.3) is 22.4 Å². The summed E-state index contributed by atoms with van der Waals surface area (Å²) in [5.41, 5.74) is 5.24. The molecule has 0 saturated carbocycles. The Morgan fingerprint density at radius 1 is 0.857 bits per heavy atom. The second-order valence-electron chi connectivity index (χ2n) is 4.74. The van der Waals surface area contributed by atoms with Crippen molar-refractivity contribution < 1.29 is 4.74 Å². The number of hydrogen-bond acceptors (Lipinski definition) is 3. The molecule has 3 rings (SSSR count). The highest BCUT2D eigenvalue weighted by molar-refractivity contribution is 5.81. The summed E-state index contributed by atoms with van der Waals surface area (Å²) >= 11 is 0. The smallest absolute Gasteiger partial charge is 0.116 e. The Morgan fingerprint density at radius 3 is 2.33 bits per heavy atom. The summed E-state index contributed by atoms with van der Waals surface area (Å²) in [6.07, 6.45) is 1.59. The molecular weight excluding hydrogens is 260 g/mol. The Labute approximate surface area is 124 Å². The molecule has 3 nitrogen and oxygen atoms in total. The van der Waals surface area contributed by atoms with Crippen LogP contribution in [0, 0.1) is 0 Å². The van der Waals surface area contributed by atoms with Crippen molar-refractivity contribution >= 4 is 0 Å². The van der Waals surface area contributed by atoms with Crippen molar-refractivity contribution in [1.29, 1.82) is 0 Å². The second kappa shape index (κ2) is 6.29. The van der Waals surface area contributed by atoms with Crippen LogP contribution in [0.5, 0.6) is 0 Å². The van der Waals surface area contributed by atoms with Crippen molar-refractivity contribution in [2.24, 2.45) is 0 Å². The molecule has 0 fully saturated rings. The molecule has 0 unspecified atom stereocenters. The molecule has 1 heterocycles. The van der Waals surface area contributed by atoms with Gasteiger partial charge in [0.25, 0.3) is 0 Å². The quantitative estimate of drug-likeness (QED) is 0.723. The second-order valence-corrected chi connectivity index (χ2v) is 4.74. The molecular formula is C18H16N2O. The molecule has 0 bridgehead atoms. The minimum absolute atomic E-state index is 0.489. The third-order valence-electron chi connectivity index (χ3n) is 3.30. The van der Waals surface area contributed by atoms with Crippen molar-refractivity contribution in [3.63, 3.8) is 0 Å². The lowest BCUT2D eigenvalue weighted by atomic mass is 9.97. The van der Waals surface area contributed by atoms with E-state index in [1.165, 1.54) is 11.1 Å². The SMILES string of the molecule is COCc1cc(-c2ccccc2-c2ccccc2)ncn1. The molecule has 0 atom stereocenters. The van der Waals surface area contributed by atoms with E-state index in [0.29, 0.717) is 6.61 Å². The van der Waals surface area contributed by atoms with Crippen LogP contribution < -0.4 is 0 Å². The van der Waals surface area contributed by atoms with Gasteiger partial charge in [0.15, 0.2) is 0 Å². The van der Waals surface area contributed by atoms with Crippen LogP contribution in [0.3, 0.4) is 0 Å². The van der Waals surface area contributed by atoms with E-state index in [4.69, 9.17) is 4.74 Å². The zero-order valence-electron chi connectivity index (χ0n) is 11.9. The third-order valence-corrected chi connectivity index (χ3v) is 3.30. The Bertz CT molecular complexity index is 726. The fourth-order valence-corrected chi connectivity index (χ4v) is 2.35. The molecule has 104 valence electrons. The Morgan fingerprint density at radius 2 is 1.57 bits per heavy atom. The zero-order valence-corrected chi connectivity index (χ0v) is 11.9. The summed E-state index contributed by atoms with van der Waals surface area (Å²) in [4.78, 5) is 8.63. The molecule has 2 aromatic carbocycles. The van der Waals surface area contributed by atoms with Gasteiger partial charge in [-0.25, -0.2) is 9.97 Å². The number of benzene rings is 2. The molecule has 0 aliphatic carbocycles. The van der Waals surface area contributed by atoms with Crippen molar-refractivity contribution in [1.82, 2.24) is 9.97 Å². The van der Waals surface area contributed by atoms with Gasteiger partial charge in [-0.3, -0.25) is 0 Å². The minimum atomic E-state index is 0.489. The highest BCUT2D eigenvalue weighted by Crippen LogP contribution is 2.30. The van der Waals surface area contributed by atoms with Crippen molar-refractivity contribution in [3.05, 3.63) is 72.7 Å². The van der Waals surface area contributed by atoms with Crippen molar-refractivity contribution in [2.45, 2.75) is 6.61 Å². The van der Waals surface area contributed by atoms with E-state index in [9.17, 15) is 0 Å². The van der Waals surface area contributed by atoms with Crippen LogP contribution in [-0.2, 0) is 11.3 Å². The van der Waals surface area contributed by atoms with Crippen LogP contribution in [0.4, 0.5) is 0 Å². The maximum Gasteiger partial charge on any atom is 0.116 e. The summed E-state index contributed by atoms with van der Waals surface area (Å²) in [6, 6.07) is 20.6. The van der Waals surface area contributed by atoms with Crippen LogP contribution in [-0.4, -0.2) is 17.1 Å². The van der Waals surface area contributed by atoms with Gasteiger partial charge in [0.2, 0.25) is 0 Å². The third kappa shape index (κ3) is 2.98. The van der Waals surface area contributed by atoms with Crippen LogP contribution in [0.15, 0.2) is 67.0 Å². The molecule has 3 heteroatoms. The van der Waals surface area contributed by atoms with E-state index >= 15 is 0 Å². The number of aromatic nitrogens is 2. The first kappa shape index (κ1) is 13.5. The largest absolute Gasteiger partial charge is 0.378 e. The lowest BCUT2D eigenvalue weighted by molar-refractivity contribution is 0.181. The van der Waals surface area contributed by atoms with Gasteiger partial charge in [-0.2, -0.15) is 0 Å². The lowest BCUT2D eigenvalue weighted by Crippen LogP contribution is -1.95. The van der Waals surface area contributed by atoms with Gasteiger partial charge in [0.05, 0.1) is 18.0 Å². The molecule has 1 aromatic heterocycles. The van der Waals surface area contributed by atoms with Gasteiger partial charge in [-0.1, -0.05) is 54.6 Å². The molecule has 0 aliphatic rings. The Hall–Kier alpha value is -2.52. The fraction of sp³-hybridized carbons (Fsp3) is 0.111. The number of rotatable bonds is 4. The molecule has 0 aliphatic heterocycles. The van der Waals surface area contributed by atoms with Gasteiger partial charge >= 0.3 is 0 Å². The van der Waals surface area contributed by atoms with Gasteiger partial charge in [0, 0.05) is 12.7 Å². The minimum Gasteiger partial charge on any atom is -0.378 e. The molecule has 0 radical (unpaired) electrons. The van der Waals surface area contributed by atoms with E-state index in [2.05, 4.69) is 34.2 Å². The lowest BCUT2D eigenvalue weighted by Gasteiger charge is -2.10. The summed E-state index contributed by atoms with van der Waals surface area (Å²) in [7, 11) is 1.67. The standard InChI is InChI=1S/C18H16N2O/c1-21-12-15-11-18(20-13-19-15)17-10-6-5-9-16(17)14-7-3-2-4-8-14/h2-11,13H,12H2,1H3. The van der Waals surface area contributed by atoms with Crippen LogP contribution in [0.1, 0.15) is 5.69 Å². The summed E-state index contributed by atoms with van der Waals surface area (Å²) < 4.78 is 5.14. The maximum absolute atomic E-state index is 5.14. The summed E-state index contributed by atoms with van der Waals surface area (Å²) in [5, 5.41) is 0. The molecule has 0 saturated heterocycles. The van der Waals surface area contributed by atoms with Gasteiger partial charge in [-0.15, -0.1) is 0 Å². The van der Waals surface area contributed by atoms with Crippen molar-refractivity contribution in [2.75, 3.05) is 7.11 Å². The highest BCUT2D eigenvalue weighted by atomic mass is 16.5. The number of methoxy groups -OCH3 is 1. The van der Waals surface area contributed by atoms with Gasteiger partial charge in [0.1, 0.15) is 6.33 Å². The first-order valence-corrected chi connectivity index (χ1v) is 6.83. The number of hydrogen-bond donors (Lipinski definition) is 0. The molecule has 21 heavy (non-hydrogen) atoms. The fourth-order valence-electron chi connectivity index (χ4n) is 2.35. The van der Waals surface area contributed by atoms with Crippen LogP contribution in [0.2, 0.25) is 0 Å². The summed E-state index contributed by atoms with van der Waals surface area (Å²) in [6.45, 7) is 0.489. The van der Waals surface area contributed by atoms with Gasteiger partial charge < -0.3 is 4.74 Å². The molecule has 0 amide bonds. The summed E-state index contributed by atoms with van der Waals surface area (Å²) in [5.74, 6) is 0. The van der Waals surface area contributed by atoms with Gasteiger partial charge in [-0.05, 0) is 17.2 Å². The van der Waals surface area contributed by atoms with E-state index in [1.807, 2.05) is 36.4 Å². The predicted molar refractivity (Wildman–Crippen MR) is 83.6 cm³/mol. The topological polar surface area (TPSA) is 35.0 Å². The predicted octanol–water partition coefficient (Wildman–Crippen LogP) is 3.96. The number of nitrogens with zero attached hydrogens (tertiary/aromatic N) is 2. The first-order valence-electron chi connectivity index (χ1n) is 6.83. The van der Waals surface area contributed by atoms with Crippen molar-refractivity contribution in [3.8, 4) is 22.4 Å². The molecule has 3 aromatic rings. The Balaban J connectivity index is 2.09. The molecule has 0 N–H and O–H groups in total. The van der Waals surface area contributed by atoms with E-state index in [1.54, 1.807) is 13.4 Å². The maximum atomic E-state index is 5.14. The zero-order chi connectivity index (χ0) is 14.5. The average Bonchev–Trinajstić information content (AvgIpc) is 2.56.